The summed E-state index contributed by atoms with van der Waals surface area (Å²) >= 11 is 0. The van der Waals surface area contributed by atoms with Crippen LogP contribution >= 0.6 is 0 Å². The Morgan fingerprint density at radius 2 is 1.50 bits per heavy atom. The van der Waals surface area contributed by atoms with Crippen LogP contribution in [0.3, 0.4) is 0 Å². The van der Waals surface area contributed by atoms with Gasteiger partial charge in [-0.2, -0.15) is 0 Å². The molecule has 18 heavy (non-hydrogen) atoms. The zero-order chi connectivity index (χ0) is 13.2. The summed E-state index contributed by atoms with van der Waals surface area (Å²) in [7, 11) is 1.35. The summed E-state index contributed by atoms with van der Waals surface area (Å²) in [5.41, 5.74) is 0. The number of nitrogens with one attached hydrogen (secondary N) is 1. The largest absolute Gasteiger partial charge is 0.469 e. The standard InChI is InChI=1S/C11H21NO.C3H6O2/c1-2-4-10(5-3-1)13-11-6-8-12-9-7-11;1-3(4)5-2/h10-12H,1-9H2;1-2H3. The molecule has 4 heteroatoms. The van der Waals surface area contributed by atoms with Crippen molar-refractivity contribution in [1.29, 1.82) is 0 Å². The van der Waals surface area contributed by atoms with E-state index in [1.165, 1.54) is 59.0 Å². The molecule has 1 heterocycles. The number of carbonyl (C=O) groups is 1. The smallest absolute Gasteiger partial charge is 0.302 e. The molecule has 106 valence electrons. The molecule has 0 amide bonds. The third-order valence-electron chi connectivity index (χ3n) is 3.51. The van der Waals surface area contributed by atoms with E-state index in [4.69, 9.17) is 4.74 Å². The first-order chi connectivity index (χ1) is 8.72. The zero-order valence-corrected chi connectivity index (χ0v) is 11.7. The van der Waals surface area contributed by atoms with Crippen LogP contribution in [0.4, 0.5) is 0 Å². The molecule has 4 nitrogen and oxygen atoms in total. The van der Waals surface area contributed by atoms with Crippen molar-refractivity contribution in [3.05, 3.63) is 0 Å². The van der Waals surface area contributed by atoms with Crippen LogP contribution in [0, 0.1) is 0 Å². The van der Waals surface area contributed by atoms with E-state index >= 15 is 0 Å². The SMILES string of the molecule is C1CCC(OC2CCNCC2)CC1.COC(C)=O. The summed E-state index contributed by atoms with van der Waals surface area (Å²) in [6, 6.07) is 0. The number of ether oxygens (including phenoxy) is 2. The van der Waals surface area contributed by atoms with Crippen LogP contribution in [0.15, 0.2) is 0 Å². The molecule has 1 saturated heterocycles. The lowest BCUT2D eigenvalue weighted by molar-refractivity contribution is -0.137. The lowest BCUT2D eigenvalue weighted by Gasteiger charge is -2.30. The topological polar surface area (TPSA) is 47.6 Å². The molecule has 1 N–H and O–H groups in total. The molecule has 0 spiro atoms. The first kappa shape index (κ1) is 15.4. The van der Waals surface area contributed by atoms with Crippen molar-refractivity contribution in [1.82, 2.24) is 5.32 Å². The van der Waals surface area contributed by atoms with E-state index < -0.39 is 0 Å². The fraction of sp³-hybridized carbons (Fsp3) is 0.929. The monoisotopic (exact) mass is 257 g/mol. The lowest BCUT2D eigenvalue weighted by Crippen LogP contribution is -2.35. The molecule has 2 rings (SSSR count). The molecule has 1 saturated carbocycles. The molecule has 0 aromatic carbocycles. The molecule has 2 aliphatic rings. The van der Waals surface area contributed by atoms with Gasteiger partial charge in [-0.05, 0) is 38.8 Å². The van der Waals surface area contributed by atoms with E-state index in [1.54, 1.807) is 0 Å². The maximum Gasteiger partial charge on any atom is 0.302 e. The molecule has 0 bridgehead atoms. The second-order valence-electron chi connectivity index (χ2n) is 5.04. The number of methoxy groups -OCH3 is 1. The van der Waals surface area contributed by atoms with Gasteiger partial charge in [-0.15, -0.1) is 0 Å². The average Bonchev–Trinajstić information content (AvgIpc) is 2.42. The van der Waals surface area contributed by atoms with Gasteiger partial charge in [0.25, 0.3) is 0 Å². The Morgan fingerprint density at radius 1 is 1.00 bits per heavy atom. The Labute approximate surface area is 110 Å². The molecular weight excluding hydrogens is 230 g/mol. The van der Waals surface area contributed by atoms with Gasteiger partial charge in [0, 0.05) is 6.92 Å². The van der Waals surface area contributed by atoms with Gasteiger partial charge >= 0.3 is 5.97 Å². The van der Waals surface area contributed by atoms with E-state index in [1.807, 2.05) is 0 Å². The Morgan fingerprint density at radius 3 is 2.00 bits per heavy atom. The van der Waals surface area contributed by atoms with Gasteiger partial charge < -0.3 is 14.8 Å². The van der Waals surface area contributed by atoms with E-state index in [0.29, 0.717) is 12.2 Å². The highest BCUT2D eigenvalue weighted by Gasteiger charge is 2.20. The van der Waals surface area contributed by atoms with Crippen LogP contribution in [-0.2, 0) is 14.3 Å². The molecule has 1 aliphatic carbocycles. The molecular formula is C14H27NO3. The van der Waals surface area contributed by atoms with Crippen molar-refractivity contribution < 1.29 is 14.3 Å². The maximum atomic E-state index is 9.59. The lowest BCUT2D eigenvalue weighted by atomic mass is 9.97. The minimum atomic E-state index is -0.245. The van der Waals surface area contributed by atoms with Crippen molar-refractivity contribution in [3.8, 4) is 0 Å². The van der Waals surface area contributed by atoms with Crippen LogP contribution < -0.4 is 5.32 Å². The summed E-state index contributed by atoms with van der Waals surface area (Å²) in [5.74, 6) is -0.245. The minimum absolute atomic E-state index is 0.245. The van der Waals surface area contributed by atoms with Gasteiger partial charge in [-0.1, -0.05) is 19.3 Å². The fourth-order valence-corrected chi connectivity index (χ4v) is 2.40. The van der Waals surface area contributed by atoms with E-state index in [9.17, 15) is 4.79 Å². The number of piperidine rings is 1. The van der Waals surface area contributed by atoms with Crippen molar-refractivity contribution in [2.75, 3.05) is 20.2 Å². The summed E-state index contributed by atoms with van der Waals surface area (Å²) < 4.78 is 10.2. The third kappa shape index (κ3) is 6.97. The molecule has 0 aromatic heterocycles. The predicted octanol–water partition coefficient (Wildman–Crippen LogP) is 2.27. The van der Waals surface area contributed by atoms with Crippen LogP contribution in [0.5, 0.6) is 0 Å². The highest BCUT2D eigenvalue weighted by Crippen LogP contribution is 2.23. The number of hydrogen-bond donors (Lipinski definition) is 1. The number of esters is 1. The summed E-state index contributed by atoms with van der Waals surface area (Å²) in [5, 5.41) is 3.37. The van der Waals surface area contributed by atoms with Gasteiger partial charge in [0.05, 0.1) is 19.3 Å². The van der Waals surface area contributed by atoms with Gasteiger partial charge in [-0.25, -0.2) is 0 Å². The summed E-state index contributed by atoms with van der Waals surface area (Å²) in [6.07, 6.45) is 10.4. The second-order valence-corrected chi connectivity index (χ2v) is 5.04. The Balaban J connectivity index is 0.000000280. The number of rotatable bonds is 2. The van der Waals surface area contributed by atoms with E-state index in [0.717, 1.165) is 13.1 Å². The van der Waals surface area contributed by atoms with Crippen molar-refractivity contribution in [2.24, 2.45) is 0 Å². The van der Waals surface area contributed by atoms with Crippen LogP contribution in [0.2, 0.25) is 0 Å². The first-order valence-corrected chi connectivity index (χ1v) is 7.13. The Bertz CT molecular complexity index is 205. The minimum Gasteiger partial charge on any atom is -0.469 e. The Hall–Kier alpha value is -0.610. The van der Waals surface area contributed by atoms with Gasteiger partial charge in [-0.3, -0.25) is 4.79 Å². The molecule has 0 radical (unpaired) electrons. The van der Waals surface area contributed by atoms with Crippen LogP contribution in [0.25, 0.3) is 0 Å². The highest BCUT2D eigenvalue weighted by atomic mass is 16.5. The Kier molecular flexibility index (Phi) is 8.01. The number of carbonyl (C=O) groups excluding carboxylic acids is 1. The van der Waals surface area contributed by atoms with Gasteiger partial charge in [0.2, 0.25) is 0 Å². The normalized spacial score (nSPS) is 21.9. The first-order valence-electron chi connectivity index (χ1n) is 7.13. The van der Waals surface area contributed by atoms with Crippen molar-refractivity contribution in [3.63, 3.8) is 0 Å². The highest BCUT2D eigenvalue weighted by molar-refractivity contribution is 5.65. The molecule has 0 unspecified atom stereocenters. The van der Waals surface area contributed by atoms with Gasteiger partial charge in [0.15, 0.2) is 0 Å². The predicted molar refractivity (Wildman–Crippen MR) is 71.5 cm³/mol. The van der Waals surface area contributed by atoms with Crippen LogP contribution in [0.1, 0.15) is 51.9 Å². The molecule has 2 fully saturated rings. The molecule has 0 aromatic rings. The maximum absolute atomic E-state index is 9.59. The van der Waals surface area contributed by atoms with Gasteiger partial charge in [0.1, 0.15) is 0 Å². The number of hydrogen-bond acceptors (Lipinski definition) is 4. The fourth-order valence-electron chi connectivity index (χ4n) is 2.40. The van der Waals surface area contributed by atoms with Crippen molar-refractivity contribution >= 4 is 5.97 Å². The third-order valence-corrected chi connectivity index (χ3v) is 3.51. The zero-order valence-electron chi connectivity index (χ0n) is 11.7. The quantitative estimate of drug-likeness (QED) is 0.771. The summed E-state index contributed by atoms with van der Waals surface area (Å²) in [6.45, 7) is 3.66. The van der Waals surface area contributed by atoms with E-state index in [-0.39, 0.29) is 5.97 Å². The average molecular weight is 257 g/mol. The van der Waals surface area contributed by atoms with E-state index in [2.05, 4.69) is 10.1 Å². The second kappa shape index (κ2) is 9.34. The van der Waals surface area contributed by atoms with Crippen molar-refractivity contribution in [2.45, 2.75) is 64.1 Å². The molecule has 1 aliphatic heterocycles. The van der Waals surface area contributed by atoms with Crippen LogP contribution in [-0.4, -0.2) is 38.4 Å². The molecule has 0 atom stereocenters. The summed E-state index contributed by atoms with van der Waals surface area (Å²) in [4.78, 5) is 9.59.